The van der Waals surface area contributed by atoms with Gasteiger partial charge >= 0.3 is 5.69 Å². The van der Waals surface area contributed by atoms with E-state index in [-0.39, 0.29) is 23.0 Å². The average molecular weight is 239 g/mol. The zero-order valence-corrected chi connectivity index (χ0v) is 10.2. The van der Waals surface area contributed by atoms with E-state index in [1.54, 1.807) is 0 Å². The third-order valence-corrected chi connectivity index (χ3v) is 2.97. The Morgan fingerprint density at radius 2 is 2.12 bits per heavy atom. The smallest absolute Gasteiger partial charge is 0.329 e. The molecular weight excluding hydrogens is 222 g/mol. The van der Waals surface area contributed by atoms with Crippen LogP contribution in [0.1, 0.15) is 33.6 Å². The molecule has 1 heterocycles. The molecule has 0 aliphatic carbocycles. The summed E-state index contributed by atoms with van der Waals surface area (Å²) in [7, 11) is 0. The fourth-order valence-corrected chi connectivity index (χ4v) is 1.33. The summed E-state index contributed by atoms with van der Waals surface area (Å²) in [6.07, 6.45) is 2.77. The Morgan fingerprint density at radius 1 is 1.53 bits per heavy atom. The van der Waals surface area contributed by atoms with E-state index < -0.39 is 4.92 Å². The van der Waals surface area contributed by atoms with Gasteiger partial charge in [-0.1, -0.05) is 13.8 Å². The number of nitrogen functional groups attached to an aromatic ring is 1. The highest BCUT2D eigenvalue weighted by molar-refractivity contribution is 5.57. The van der Waals surface area contributed by atoms with Gasteiger partial charge in [0.25, 0.3) is 0 Å². The number of anilines is 2. The number of hydrogen-bond acceptors (Lipinski definition) is 6. The molecule has 1 aromatic rings. The molecule has 0 bridgehead atoms. The molecule has 0 aliphatic heterocycles. The summed E-state index contributed by atoms with van der Waals surface area (Å²) in [4.78, 5) is 17.8. The van der Waals surface area contributed by atoms with E-state index >= 15 is 0 Å². The summed E-state index contributed by atoms with van der Waals surface area (Å²) >= 11 is 0. The molecule has 1 rings (SSSR count). The number of nitrogens with two attached hydrogens (primary N) is 1. The lowest BCUT2D eigenvalue weighted by atomic mass is 9.95. The molecule has 7 nitrogen and oxygen atoms in total. The van der Waals surface area contributed by atoms with E-state index in [4.69, 9.17) is 5.73 Å². The second-order valence-corrected chi connectivity index (χ2v) is 4.11. The van der Waals surface area contributed by atoms with Crippen molar-refractivity contribution in [2.24, 2.45) is 0 Å². The van der Waals surface area contributed by atoms with Gasteiger partial charge in [-0.05, 0) is 19.8 Å². The van der Waals surface area contributed by atoms with Crippen LogP contribution >= 0.6 is 0 Å². The van der Waals surface area contributed by atoms with Gasteiger partial charge in [0.05, 0.1) is 4.92 Å². The van der Waals surface area contributed by atoms with Crippen LogP contribution in [0.3, 0.4) is 0 Å². The Bertz CT molecular complexity index is 417. The van der Waals surface area contributed by atoms with Crippen LogP contribution in [0.5, 0.6) is 0 Å². The topological polar surface area (TPSA) is 107 Å². The lowest BCUT2D eigenvalue weighted by Crippen LogP contribution is -2.33. The van der Waals surface area contributed by atoms with Gasteiger partial charge < -0.3 is 11.1 Å². The number of aromatic nitrogens is 2. The van der Waals surface area contributed by atoms with E-state index in [2.05, 4.69) is 15.3 Å². The van der Waals surface area contributed by atoms with Crippen molar-refractivity contribution in [2.75, 3.05) is 11.1 Å². The van der Waals surface area contributed by atoms with E-state index in [0.717, 1.165) is 19.0 Å². The van der Waals surface area contributed by atoms with E-state index in [1.165, 1.54) is 0 Å². The molecule has 0 saturated carbocycles. The van der Waals surface area contributed by atoms with Crippen LogP contribution in [0.25, 0.3) is 0 Å². The molecule has 0 atom stereocenters. The standard InChI is InChI=1S/C10H17N5O2/c1-4-10(3,5-2)14-8-7(15(16)17)6-12-9(11)13-8/h6H,4-5H2,1-3H3,(H3,11,12,13,14). The van der Waals surface area contributed by atoms with Crippen LogP contribution in [0.4, 0.5) is 17.5 Å². The van der Waals surface area contributed by atoms with Crippen LogP contribution in [0.2, 0.25) is 0 Å². The summed E-state index contributed by atoms with van der Waals surface area (Å²) < 4.78 is 0. The van der Waals surface area contributed by atoms with Gasteiger partial charge in [0, 0.05) is 5.54 Å². The zero-order chi connectivity index (χ0) is 13.1. The molecule has 0 radical (unpaired) electrons. The van der Waals surface area contributed by atoms with E-state index in [1.807, 2.05) is 20.8 Å². The third kappa shape index (κ3) is 3.02. The largest absolute Gasteiger partial charge is 0.368 e. The first-order valence-corrected chi connectivity index (χ1v) is 5.47. The van der Waals surface area contributed by atoms with Crippen molar-refractivity contribution in [3.63, 3.8) is 0 Å². The number of nitro groups is 1. The molecule has 0 unspecified atom stereocenters. The first-order valence-electron chi connectivity index (χ1n) is 5.47. The van der Waals surface area contributed by atoms with Crippen molar-refractivity contribution in [1.29, 1.82) is 0 Å². The Labute approximate surface area is 99.6 Å². The highest BCUT2D eigenvalue weighted by Gasteiger charge is 2.25. The van der Waals surface area contributed by atoms with Crippen molar-refractivity contribution in [3.8, 4) is 0 Å². The van der Waals surface area contributed by atoms with Gasteiger partial charge in [-0.2, -0.15) is 4.98 Å². The van der Waals surface area contributed by atoms with Crippen LogP contribution in [-0.2, 0) is 0 Å². The maximum absolute atomic E-state index is 10.8. The van der Waals surface area contributed by atoms with Gasteiger partial charge in [-0.3, -0.25) is 10.1 Å². The summed E-state index contributed by atoms with van der Waals surface area (Å²) in [6.45, 7) is 5.99. The first kappa shape index (κ1) is 13.1. The maximum Gasteiger partial charge on any atom is 0.329 e. The molecule has 0 aromatic carbocycles. The molecule has 3 N–H and O–H groups in total. The molecule has 17 heavy (non-hydrogen) atoms. The van der Waals surface area contributed by atoms with E-state index in [0.29, 0.717) is 0 Å². The maximum atomic E-state index is 10.8. The van der Waals surface area contributed by atoms with Gasteiger partial charge in [0.1, 0.15) is 6.20 Å². The van der Waals surface area contributed by atoms with E-state index in [9.17, 15) is 10.1 Å². The van der Waals surface area contributed by atoms with Gasteiger partial charge in [-0.15, -0.1) is 0 Å². The normalized spacial score (nSPS) is 11.2. The van der Waals surface area contributed by atoms with Gasteiger partial charge in [0.15, 0.2) is 0 Å². The lowest BCUT2D eigenvalue weighted by molar-refractivity contribution is -0.384. The number of nitrogens with zero attached hydrogens (tertiary/aromatic N) is 3. The molecule has 0 aliphatic rings. The highest BCUT2D eigenvalue weighted by Crippen LogP contribution is 2.27. The number of nitrogens with one attached hydrogen (secondary N) is 1. The van der Waals surface area contributed by atoms with Crippen molar-refractivity contribution in [1.82, 2.24) is 9.97 Å². The predicted molar refractivity (Wildman–Crippen MR) is 65.7 cm³/mol. The molecule has 1 aromatic heterocycles. The third-order valence-electron chi connectivity index (χ3n) is 2.97. The van der Waals surface area contributed by atoms with Crippen molar-refractivity contribution < 1.29 is 4.92 Å². The Morgan fingerprint density at radius 3 is 2.59 bits per heavy atom. The molecule has 7 heteroatoms. The summed E-state index contributed by atoms with van der Waals surface area (Å²) in [5.74, 6) is 0.196. The van der Waals surface area contributed by atoms with Crippen molar-refractivity contribution >= 4 is 17.5 Å². The molecule has 0 amide bonds. The zero-order valence-electron chi connectivity index (χ0n) is 10.2. The molecule has 0 spiro atoms. The van der Waals surface area contributed by atoms with Gasteiger partial charge in [-0.25, -0.2) is 4.98 Å². The minimum atomic E-state index is -0.520. The Balaban J connectivity index is 3.12. The lowest BCUT2D eigenvalue weighted by Gasteiger charge is -2.28. The predicted octanol–water partition coefficient (Wildman–Crippen LogP) is 1.96. The Kier molecular flexibility index (Phi) is 3.82. The van der Waals surface area contributed by atoms with Gasteiger partial charge in [0.2, 0.25) is 11.8 Å². The fourth-order valence-electron chi connectivity index (χ4n) is 1.33. The number of hydrogen-bond donors (Lipinski definition) is 2. The van der Waals surface area contributed by atoms with Crippen LogP contribution in [0.15, 0.2) is 6.20 Å². The van der Waals surface area contributed by atoms with Crippen LogP contribution in [0, 0.1) is 10.1 Å². The molecule has 0 fully saturated rings. The summed E-state index contributed by atoms with van der Waals surface area (Å²) in [6, 6.07) is 0. The molecular formula is C10H17N5O2. The summed E-state index contributed by atoms with van der Waals surface area (Å²) in [5.41, 5.74) is 5.04. The summed E-state index contributed by atoms with van der Waals surface area (Å²) in [5, 5.41) is 13.9. The fraction of sp³-hybridized carbons (Fsp3) is 0.600. The Hall–Kier alpha value is -1.92. The molecule has 0 saturated heterocycles. The average Bonchev–Trinajstić information content (AvgIpc) is 2.28. The van der Waals surface area contributed by atoms with Crippen LogP contribution in [-0.4, -0.2) is 20.4 Å². The minimum Gasteiger partial charge on any atom is -0.368 e. The van der Waals surface area contributed by atoms with Crippen molar-refractivity contribution in [2.45, 2.75) is 39.2 Å². The monoisotopic (exact) mass is 239 g/mol. The number of rotatable bonds is 5. The minimum absolute atomic E-state index is 0.0210. The van der Waals surface area contributed by atoms with Crippen molar-refractivity contribution in [3.05, 3.63) is 16.3 Å². The molecule has 94 valence electrons. The SMILES string of the molecule is CCC(C)(CC)Nc1nc(N)ncc1[N+](=O)[O-]. The van der Waals surface area contributed by atoms with Crippen LogP contribution < -0.4 is 11.1 Å². The quantitative estimate of drug-likeness (QED) is 0.600. The second-order valence-electron chi connectivity index (χ2n) is 4.11. The first-order chi connectivity index (χ1) is 7.91. The highest BCUT2D eigenvalue weighted by atomic mass is 16.6. The second kappa shape index (κ2) is 4.94.